The van der Waals surface area contributed by atoms with E-state index in [4.69, 9.17) is 0 Å². The Balaban J connectivity index is 1.50. The van der Waals surface area contributed by atoms with Crippen molar-refractivity contribution in [3.63, 3.8) is 0 Å². The Hall–Kier alpha value is -2.93. The van der Waals surface area contributed by atoms with Gasteiger partial charge in [-0.3, -0.25) is 15.0 Å². The minimum atomic E-state index is -0.288. The third-order valence-corrected chi connectivity index (χ3v) is 5.53. The molecule has 1 fully saturated rings. The lowest BCUT2D eigenvalue weighted by Gasteiger charge is -2.35. The molecule has 0 atom stereocenters. The Kier molecular flexibility index (Phi) is 5.00. The zero-order valence-corrected chi connectivity index (χ0v) is 16.3. The summed E-state index contributed by atoms with van der Waals surface area (Å²) in [5.41, 5.74) is 2.04. The van der Waals surface area contributed by atoms with Gasteiger partial charge in [-0.25, -0.2) is 4.68 Å². The van der Waals surface area contributed by atoms with Crippen LogP contribution in [0.3, 0.4) is 0 Å². The van der Waals surface area contributed by atoms with E-state index in [2.05, 4.69) is 57.4 Å². The molecule has 4 rings (SSSR count). The van der Waals surface area contributed by atoms with Gasteiger partial charge in [0.2, 0.25) is 5.82 Å². The fourth-order valence-corrected chi connectivity index (χ4v) is 4.13. The van der Waals surface area contributed by atoms with Gasteiger partial charge in [0, 0.05) is 39.8 Å². The van der Waals surface area contributed by atoms with Crippen LogP contribution in [0.1, 0.15) is 18.2 Å². The van der Waals surface area contributed by atoms with Gasteiger partial charge < -0.3 is 4.90 Å². The van der Waals surface area contributed by atoms with Crippen LogP contribution in [0, 0.1) is 10.1 Å². The Morgan fingerprint density at radius 1 is 1.07 bits per heavy atom. The van der Waals surface area contributed by atoms with Crippen LogP contribution in [0.2, 0.25) is 0 Å². The normalized spacial score (nSPS) is 15.3. The highest BCUT2D eigenvalue weighted by Gasteiger charge is 2.31. The lowest BCUT2D eigenvalue weighted by Crippen LogP contribution is -2.46. The highest BCUT2D eigenvalue weighted by Crippen LogP contribution is 2.32. The summed E-state index contributed by atoms with van der Waals surface area (Å²) in [5.74, 6) is 0.631. The molecule has 2 heterocycles. The number of hydrogen-bond donors (Lipinski definition) is 0. The molecule has 0 N–H and O–H groups in total. The van der Waals surface area contributed by atoms with Crippen molar-refractivity contribution >= 4 is 22.3 Å². The minimum Gasteiger partial charge on any atom is -0.349 e. The van der Waals surface area contributed by atoms with Crippen LogP contribution in [0.4, 0.5) is 11.5 Å². The quantitative estimate of drug-likeness (QED) is 0.502. The molecule has 0 saturated carbocycles. The third-order valence-electron chi connectivity index (χ3n) is 5.53. The van der Waals surface area contributed by atoms with Gasteiger partial charge in [0.15, 0.2) is 0 Å². The van der Waals surface area contributed by atoms with Crippen LogP contribution in [0.5, 0.6) is 0 Å². The number of hydrogen-bond acceptors (Lipinski definition) is 5. The molecule has 7 heteroatoms. The fraction of sp³-hybridized carbons (Fsp3) is 0.381. The van der Waals surface area contributed by atoms with Crippen molar-refractivity contribution in [1.82, 2.24) is 14.7 Å². The lowest BCUT2D eigenvalue weighted by atomic mass is 10.0. The van der Waals surface area contributed by atoms with Gasteiger partial charge in [0.1, 0.15) is 5.69 Å². The molecular formula is C21H25N5O2. The molecule has 0 spiro atoms. The molecule has 0 amide bonds. The molecule has 1 aromatic heterocycles. The SMILES string of the molecule is CCc1nn(C)c(N2CCN(Cc3cccc4ccccc34)CC2)c1[N+](=O)[O-]. The molecule has 28 heavy (non-hydrogen) atoms. The van der Waals surface area contributed by atoms with Crippen molar-refractivity contribution in [3.8, 4) is 0 Å². The van der Waals surface area contributed by atoms with Crippen LogP contribution >= 0.6 is 0 Å². The number of anilines is 1. The van der Waals surface area contributed by atoms with Gasteiger partial charge in [-0.1, -0.05) is 49.4 Å². The number of fused-ring (bicyclic) bond motifs is 1. The first kappa shape index (κ1) is 18.4. The minimum absolute atomic E-state index is 0.160. The Bertz CT molecular complexity index is 1000. The Morgan fingerprint density at radius 3 is 2.50 bits per heavy atom. The Morgan fingerprint density at radius 2 is 1.79 bits per heavy atom. The standard InChI is InChI=1S/C21H25N5O2/c1-3-19-20(26(27)28)21(23(2)22-19)25-13-11-24(12-14-25)15-17-9-6-8-16-7-4-5-10-18(16)17/h4-10H,3,11-15H2,1-2H3. The summed E-state index contributed by atoms with van der Waals surface area (Å²) in [6.07, 6.45) is 0.561. The van der Waals surface area contributed by atoms with Crippen molar-refractivity contribution < 1.29 is 4.92 Å². The zero-order valence-electron chi connectivity index (χ0n) is 16.3. The molecule has 0 aliphatic carbocycles. The van der Waals surface area contributed by atoms with E-state index < -0.39 is 0 Å². The number of aryl methyl sites for hydroxylation is 2. The van der Waals surface area contributed by atoms with Crippen molar-refractivity contribution in [2.24, 2.45) is 7.05 Å². The maximum atomic E-state index is 11.6. The number of piperazine rings is 1. The maximum absolute atomic E-state index is 11.6. The van der Waals surface area contributed by atoms with Crippen LogP contribution in [0.25, 0.3) is 10.8 Å². The summed E-state index contributed by atoms with van der Waals surface area (Å²) >= 11 is 0. The third kappa shape index (κ3) is 3.33. The zero-order chi connectivity index (χ0) is 19.7. The van der Waals surface area contributed by atoms with Crippen molar-refractivity contribution in [3.05, 3.63) is 63.8 Å². The van der Waals surface area contributed by atoms with E-state index in [9.17, 15) is 10.1 Å². The summed E-state index contributed by atoms with van der Waals surface area (Å²) in [4.78, 5) is 15.8. The first-order chi connectivity index (χ1) is 13.6. The molecule has 1 aliphatic rings. The largest absolute Gasteiger partial charge is 0.349 e. The number of benzene rings is 2. The van der Waals surface area contributed by atoms with Crippen LogP contribution in [-0.2, 0) is 20.0 Å². The first-order valence-electron chi connectivity index (χ1n) is 9.72. The fourth-order valence-electron chi connectivity index (χ4n) is 4.13. The van der Waals surface area contributed by atoms with E-state index in [-0.39, 0.29) is 10.6 Å². The molecule has 1 aliphatic heterocycles. The van der Waals surface area contributed by atoms with Gasteiger partial charge in [-0.15, -0.1) is 0 Å². The van der Waals surface area contributed by atoms with Gasteiger partial charge in [-0.05, 0) is 22.8 Å². The molecule has 146 valence electrons. The van der Waals surface area contributed by atoms with Crippen molar-refractivity contribution in [2.75, 3.05) is 31.1 Å². The van der Waals surface area contributed by atoms with E-state index in [0.717, 1.165) is 32.7 Å². The number of nitro groups is 1. The molecule has 0 radical (unpaired) electrons. The van der Waals surface area contributed by atoms with E-state index in [1.165, 1.54) is 16.3 Å². The number of aromatic nitrogens is 2. The molecule has 7 nitrogen and oxygen atoms in total. The van der Waals surface area contributed by atoms with Gasteiger partial charge in [0.05, 0.1) is 4.92 Å². The van der Waals surface area contributed by atoms with E-state index in [1.807, 2.05) is 6.92 Å². The second-order valence-corrected chi connectivity index (χ2v) is 7.25. The van der Waals surface area contributed by atoms with E-state index in [0.29, 0.717) is 17.9 Å². The summed E-state index contributed by atoms with van der Waals surface area (Å²) in [6, 6.07) is 14.9. The maximum Gasteiger partial charge on any atom is 0.334 e. The molecular weight excluding hydrogens is 354 g/mol. The Labute approximate surface area is 164 Å². The molecule has 1 saturated heterocycles. The van der Waals surface area contributed by atoms with Gasteiger partial charge >= 0.3 is 5.69 Å². The van der Waals surface area contributed by atoms with Crippen molar-refractivity contribution in [1.29, 1.82) is 0 Å². The van der Waals surface area contributed by atoms with E-state index in [1.54, 1.807) is 11.7 Å². The van der Waals surface area contributed by atoms with Gasteiger partial charge in [-0.2, -0.15) is 5.10 Å². The van der Waals surface area contributed by atoms with Crippen molar-refractivity contribution in [2.45, 2.75) is 19.9 Å². The molecule has 0 bridgehead atoms. The second-order valence-electron chi connectivity index (χ2n) is 7.25. The van der Waals surface area contributed by atoms with E-state index >= 15 is 0 Å². The van der Waals surface area contributed by atoms with Crippen LogP contribution in [-0.4, -0.2) is 45.8 Å². The molecule has 2 aromatic carbocycles. The summed E-state index contributed by atoms with van der Waals surface area (Å²) in [7, 11) is 1.80. The monoisotopic (exact) mass is 379 g/mol. The first-order valence-corrected chi connectivity index (χ1v) is 9.72. The average Bonchev–Trinajstić information content (AvgIpc) is 3.05. The highest BCUT2D eigenvalue weighted by molar-refractivity contribution is 5.85. The van der Waals surface area contributed by atoms with Gasteiger partial charge in [0.25, 0.3) is 0 Å². The summed E-state index contributed by atoms with van der Waals surface area (Å²) < 4.78 is 1.66. The number of rotatable bonds is 5. The summed E-state index contributed by atoms with van der Waals surface area (Å²) in [6.45, 7) is 6.05. The lowest BCUT2D eigenvalue weighted by molar-refractivity contribution is -0.384. The summed E-state index contributed by atoms with van der Waals surface area (Å²) in [5, 5.41) is 18.5. The topological polar surface area (TPSA) is 67.4 Å². The number of nitrogens with zero attached hydrogens (tertiary/aromatic N) is 5. The molecule has 0 unspecified atom stereocenters. The average molecular weight is 379 g/mol. The molecule has 3 aromatic rings. The van der Waals surface area contributed by atoms with Crippen LogP contribution in [0.15, 0.2) is 42.5 Å². The predicted octanol–water partition coefficient (Wildman–Crippen LogP) is 3.37. The van der Waals surface area contributed by atoms with Crippen LogP contribution < -0.4 is 4.90 Å². The second kappa shape index (κ2) is 7.59. The smallest absolute Gasteiger partial charge is 0.334 e. The predicted molar refractivity (Wildman–Crippen MR) is 111 cm³/mol. The highest BCUT2D eigenvalue weighted by atomic mass is 16.6.